The molecular weight excluding hydrogens is 248 g/mol. The average Bonchev–Trinajstić information content (AvgIpc) is 2.47. The van der Waals surface area contributed by atoms with E-state index >= 15 is 0 Å². The second kappa shape index (κ2) is 6.54. The number of ether oxygens (including phenoxy) is 3. The van der Waals surface area contributed by atoms with E-state index < -0.39 is 6.10 Å². The average molecular weight is 266 g/mol. The largest absolute Gasteiger partial charge is 0.490 e. The Labute approximate surface area is 112 Å². The molecule has 104 valence electrons. The summed E-state index contributed by atoms with van der Waals surface area (Å²) in [5, 5.41) is 9.25. The van der Waals surface area contributed by atoms with Crippen LogP contribution in [0.15, 0.2) is 24.3 Å². The molecule has 19 heavy (non-hydrogen) atoms. The van der Waals surface area contributed by atoms with Crippen molar-refractivity contribution >= 4 is 5.97 Å². The summed E-state index contributed by atoms with van der Waals surface area (Å²) >= 11 is 0. The number of carbonyl (C=O) groups excluding carboxylic acids is 1. The van der Waals surface area contributed by atoms with E-state index in [2.05, 4.69) is 4.74 Å². The molecule has 0 aliphatic carbocycles. The Morgan fingerprint density at radius 2 is 2.26 bits per heavy atom. The number of rotatable bonds is 4. The van der Waals surface area contributed by atoms with Gasteiger partial charge in [-0.25, -0.2) is 4.79 Å². The first-order valence-electron chi connectivity index (χ1n) is 6.29. The van der Waals surface area contributed by atoms with Gasteiger partial charge in [-0.15, -0.1) is 0 Å². The molecule has 1 saturated heterocycles. The van der Waals surface area contributed by atoms with Crippen LogP contribution in [0, 0.1) is 0 Å². The van der Waals surface area contributed by atoms with Gasteiger partial charge in [-0.2, -0.15) is 0 Å². The molecule has 1 aliphatic heterocycles. The van der Waals surface area contributed by atoms with E-state index in [-0.39, 0.29) is 18.7 Å². The molecule has 5 nitrogen and oxygen atoms in total. The van der Waals surface area contributed by atoms with E-state index in [9.17, 15) is 9.90 Å². The Morgan fingerprint density at radius 3 is 3.00 bits per heavy atom. The van der Waals surface area contributed by atoms with Crippen molar-refractivity contribution in [2.24, 2.45) is 0 Å². The molecule has 0 saturated carbocycles. The Morgan fingerprint density at radius 1 is 1.47 bits per heavy atom. The molecule has 1 aromatic rings. The van der Waals surface area contributed by atoms with Crippen molar-refractivity contribution in [1.82, 2.24) is 0 Å². The van der Waals surface area contributed by atoms with Crippen LogP contribution in [-0.4, -0.2) is 37.0 Å². The monoisotopic (exact) mass is 266 g/mol. The summed E-state index contributed by atoms with van der Waals surface area (Å²) in [5.41, 5.74) is 0.739. The third-order valence-electron chi connectivity index (χ3n) is 3.14. The minimum atomic E-state index is -0.565. The highest BCUT2D eigenvalue weighted by Crippen LogP contribution is 2.24. The molecule has 0 aromatic heterocycles. The predicted octanol–water partition coefficient (Wildman–Crippen LogP) is 1.28. The van der Waals surface area contributed by atoms with Crippen molar-refractivity contribution in [1.29, 1.82) is 0 Å². The number of aliphatic hydroxyl groups is 1. The van der Waals surface area contributed by atoms with Gasteiger partial charge < -0.3 is 19.3 Å². The highest BCUT2D eigenvalue weighted by Gasteiger charge is 2.30. The lowest BCUT2D eigenvalue weighted by Crippen LogP contribution is -2.38. The van der Waals surface area contributed by atoms with E-state index in [1.807, 2.05) is 24.3 Å². The number of hydrogen-bond donors (Lipinski definition) is 1. The van der Waals surface area contributed by atoms with Gasteiger partial charge in [0.1, 0.15) is 11.9 Å². The summed E-state index contributed by atoms with van der Waals surface area (Å²) in [4.78, 5) is 11.4. The lowest BCUT2D eigenvalue weighted by Gasteiger charge is -2.28. The third kappa shape index (κ3) is 3.45. The number of para-hydroxylation sites is 1. The van der Waals surface area contributed by atoms with Crippen LogP contribution in [0.1, 0.15) is 18.4 Å². The molecule has 0 bridgehead atoms. The fourth-order valence-electron chi connectivity index (χ4n) is 2.10. The predicted molar refractivity (Wildman–Crippen MR) is 67.8 cm³/mol. The highest BCUT2D eigenvalue weighted by atomic mass is 16.6. The molecule has 2 unspecified atom stereocenters. The van der Waals surface area contributed by atoms with E-state index in [0.29, 0.717) is 25.2 Å². The Balaban J connectivity index is 2.00. The van der Waals surface area contributed by atoms with Crippen LogP contribution in [0.3, 0.4) is 0 Å². The molecule has 1 aromatic carbocycles. The number of carbonyl (C=O) groups is 1. The maximum absolute atomic E-state index is 11.4. The molecular formula is C14H18O5. The number of esters is 1. The number of aliphatic hydroxyl groups excluding tert-OH is 1. The Kier molecular flexibility index (Phi) is 4.76. The van der Waals surface area contributed by atoms with Gasteiger partial charge in [0.15, 0.2) is 6.10 Å². The zero-order valence-electron chi connectivity index (χ0n) is 10.9. The summed E-state index contributed by atoms with van der Waals surface area (Å²) in [6, 6.07) is 7.33. The maximum atomic E-state index is 11.4. The van der Waals surface area contributed by atoms with E-state index in [1.165, 1.54) is 7.11 Å². The SMILES string of the molecule is COC(=O)C1CC(Oc2ccccc2CO)CCO1. The molecule has 0 spiro atoms. The molecule has 1 N–H and O–H groups in total. The molecule has 0 radical (unpaired) electrons. The lowest BCUT2D eigenvalue weighted by molar-refractivity contribution is -0.160. The minimum absolute atomic E-state index is 0.0696. The van der Waals surface area contributed by atoms with Crippen molar-refractivity contribution in [2.75, 3.05) is 13.7 Å². The first-order valence-corrected chi connectivity index (χ1v) is 6.29. The summed E-state index contributed by atoms with van der Waals surface area (Å²) in [7, 11) is 1.34. The quantitative estimate of drug-likeness (QED) is 0.832. The highest BCUT2D eigenvalue weighted by molar-refractivity contribution is 5.74. The van der Waals surface area contributed by atoms with Crippen molar-refractivity contribution in [3.05, 3.63) is 29.8 Å². The fourth-order valence-corrected chi connectivity index (χ4v) is 2.10. The lowest BCUT2D eigenvalue weighted by atomic mass is 10.1. The van der Waals surface area contributed by atoms with Crippen LogP contribution >= 0.6 is 0 Å². The van der Waals surface area contributed by atoms with Crippen molar-refractivity contribution in [3.63, 3.8) is 0 Å². The zero-order chi connectivity index (χ0) is 13.7. The summed E-state index contributed by atoms with van der Waals surface area (Å²) in [6.07, 6.45) is 0.510. The van der Waals surface area contributed by atoms with E-state index in [0.717, 1.165) is 5.56 Å². The van der Waals surface area contributed by atoms with Crippen LogP contribution in [0.4, 0.5) is 0 Å². The second-order valence-electron chi connectivity index (χ2n) is 4.41. The van der Waals surface area contributed by atoms with Gasteiger partial charge in [0, 0.05) is 18.4 Å². The van der Waals surface area contributed by atoms with Crippen LogP contribution in [0.5, 0.6) is 5.75 Å². The fraction of sp³-hybridized carbons (Fsp3) is 0.500. The van der Waals surface area contributed by atoms with Gasteiger partial charge >= 0.3 is 5.97 Å². The summed E-state index contributed by atoms with van der Waals surface area (Å²) in [5.74, 6) is 0.282. The first-order chi connectivity index (χ1) is 9.24. The first kappa shape index (κ1) is 13.8. The molecule has 5 heteroatoms. The van der Waals surface area contributed by atoms with Crippen LogP contribution in [0.25, 0.3) is 0 Å². The minimum Gasteiger partial charge on any atom is -0.490 e. The smallest absolute Gasteiger partial charge is 0.335 e. The molecule has 1 heterocycles. The van der Waals surface area contributed by atoms with Crippen molar-refractivity contribution in [3.8, 4) is 5.75 Å². The van der Waals surface area contributed by atoms with Gasteiger partial charge in [0.05, 0.1) is 20.3 Å². The molecule has 2 rings (SSSR count). The van der Waals surface area contributed by atoms with E-state index in [1.54, 1.807) is 0 Å². The van der Waals surface area contributed by atoms with Gasteiger partial charge in [0.25, 0.3) is 0 Å². The van der Waals surface area contributed by atoms with Crippen molar-refractivity contribution in [2.45, 2.75) is 31.7 Å². The molecule has 2 atom stereocenters. The summed E-state index contributed by atoms with van der Waals surface area (Å²) < 4.78 is 15.9. The molecule has 1 fully saturated rings. The van der Waals surface area contributed by atoms with Gasteiger partial charge in [-0.3, -0.25) is 0 Å². The Bertz CT molecular complexity index is 432. The van der Waals surface area contributed by atoms with Crippen molar-refractivity contribution < 1.29 is 24.1 Å². The Hall–Kier alpha value is -1.59. The topological polar surface area (TPSA) is 65.0 Å². The van der Waals surface area contributed by atoms with Gasteiger partial charge in [-0.05, 0) is 6.07 Å². The second-order valence-corrected chi connectivity index (χ2v) is 4.41. The molecule has 0 amide bonds. The maximum Gasteiger partial charge on any atom is 0.335 e. The molecule has 1 aliphatic rings. The van der Waals surface area contributed by atoms with Gasteiger partial charge in [0.2, 0.25) is 0 Å². The van der Waals surface area contributed by atoms with Crippen LogP contribution in [-0.2, 0) is 20.9 Å². The number of benzene rings is 1. The third-order valence-corrected chi connectivity index (χ3v) is 3.14. The zero-order valence-corrected chi connectivity index (χ0v) is 10.9. The van der Waals surface area contributed by atoms with E-state index in [4.69, 9.17) is 9.47 Å². The summed E-state index contributed by atoms with van der Waals surface area (Å²) in [6.45, 7) is 0.394. The van der Waals surface area contributed by atoms with Crippen LogP contribution < -0.4 is 4.74 Å². The number of hydrogen-bond acceptors (Lipinski definition) is 5. The van der Waals surface area contributed by atoms with Crippen LogP contribution in [0.2, 0.25) is 0 Å². The standard InChI is InChI=1S/C14H18O5/c1-17-14(16)13-8-11(6-7-18-13)19-12-5-3-2-4-10(12)9-15/h2-5,11,13,15H,6-9H2,1H3. The normalized spacial score (nSPS) is 22.8. The van der Waals surface area contributed by atoms with Gasteiger partial charge in [-0.1, -0.05) is 18.2 Å². The number of methoxy groups -OCH3 is 1.